The Morgan fingerprint density at radius 2 is 2.11 bits per heavy atom. The standard InChI is InChI=1S/C9H17N3O5S/c1-17-3-2-11-9(16)12-7(13)5-18-4-6(10)8(14)15/h6H,2-5,10H2,1H3,(H,14,15)(H2,11,12,13,16). The summed E-state index contributed by atoms with van der Waals surface area (Å²) in [6.45, 7) is 0.649. The number of aliphatic carboxylic acids is 1. The molecule has 3 amide bonds. The highest BCUT2D eigenvalue weighted by molar-refractivity contribution is 8.00. The van der Waals surface area contributed by atoms with Crippen LogP contribution in [0.1, 0.15) is 0 Å². The average Bonchev–Trinajstić information content (AvgIpc) is 2.28. The number of carboxylic acid groups (broad SMARTS) is 1. The lowest BCUT2D eigenvalue weighted by Crippen LogP contribution is -2.41. The number of ether oxygens (including phenoxy) is 1. The summed E-state index contributed by atoms with van der Waals surface area (Å²) in [6.07, 6.45) is 0. The molecule has 0 saturated heterocycles. The summed E-state index contributed by atoms with van der Waals surface area (Å²) >= 11 is 1.05. The van der Waals surface area contributed by atoms with Gasteiger partial charge in [0.2, 0.25) is 5.91 Å². The van der Waals surface area contributed by atoms with Crippen molar-refractivity contribution in [2.45, 2.75) is 6.04 Å². The molecule has 0 bridgehead atoms. The first kappa shape index (κ1) is 16.7. The van der Waals surface area contributed by atoms with E-state index in [1.54, 1.807) is 0 Å². The summed E-state index contributed by atoms with van der Waals surface area (Å²) in [7, 11) is 1.49. The first-order valence-corrected chi connectivity index (χ1v) is 6.25. The van der Waals surface area contributed by atoms with E-state index < -0.39 is 23.9 Å². The van der Waals surface area contributed by atoms with Crippen LogP contribution < -0.4 is 16.4 Å². The lowest BCUT2D eigenvalue weighted by atomic mass is 10.4. The van der Waals surface area contributed by atoms with E-state index in [4.69, 9.17) is 15.6 Å². The van der Waals surface area contributed by atoms with Crippen LogP contribution in [-0.4, -0.2) is 60.8 Å². The second kappa shape index (κ2) is 9.68. The predicted octanol–water partition coefficient (Wildman–Crippen LogP) is -1.40. The number of carboxylic acids is 1. The van der Waals surface area contributed by atoms with E-state index in [9.17, 15) is 14.4 Å². The largest absolute Gasteiger partial charge is 0.480 e. The number of methoxy groups -OCH3 is 1. The predicted molar refractivity (Wildman–Crippen MR) is 66.4 cm³/mol. The topological polar surface area (TPSA) is 131 Å². The van der Waals surface area contributed by atoms with Gasteiger partial charge < -0.3 is 20.9 Å². The van der Waals surface area contributed by atoms with Gasteiger partial charge in [0.15, 0.2) is 0 Å². The molecule has 0 aliphatic heterocycles. The number of nitrogens with one attached hydrogen (secondary N) is 2. The van der Waals surface area contributed by atoms with Crippen molar-refractivity contribution in [1.29, 1.82) is 0 Å². The van der Waals surface area contributed by atoms with E-state index in [0.29, 0.717) is 13.2 Å². The average molecular weight is 279 g/mol. The SMILES string of the molecule is COCCNC(=O)NC(=O)CSCC(N)C(=O)O. The van der Waals surface area contributed by atoms with Crippen LogP contribution in [0.5, 0.6) is 0 Å². The molecule has 1 atom stereocenters. The molecular weight excluding hydrogens is 262 g/mol. The minimum Gasteiger partial charge on any atom is -0.480 e. The van der Waals surface area contributed by atoms with Crippen LogP contribution in [0.25, 0.3) is 0 Å². The minimum absolute atomic E-state index is 0.0291. The number of urea groups is 1. The Kier molecular flexibility index (Phi) is 8.97. The summed E-state index contributed by atoms with van der Waals surface area (Å²) in [6, 6.07) is -1.63. The van der Waals surface area contributed by atoms with Gasteiger partial charge in [-0.2, -0.15) is 0 Å². The van der Waals surface area contributed by atoms with Crippen molar-refractivity contribution in [3.63, 3.8) is 0 Å². The molecule has 0 aromatic carbocycles. The highest BCUT2D eigenvalue weighted by Crippen LogP contribution is 2.01. The zero-order chi connectivity index (χ0) is 14.0. The Balaban J connectivity index is 3.64. The Morgan fingerprint density at radius 3 is 2.67 bits per heavy atom. The Labute approximate surface area is 109 Å². The van der Waals surface area contributed by atoms with E-state index in [1.165, 1.54) is 7.11 Å². The fourth-order valence-corrected chi connectivity index (χ4v) is 1.60. The number of amides is 3. The number of nitrogens with two attached hydrogens (primary N) is 1. The monoisotopic (exact) mass is 279 g/mol. The molecule has 0 radical (unpaired) electrons. The number of imide groups is 1. The molecule has 0 aromatic rings. The smallest absolute Gasteiger partial charge is 0.321 e. The van der Waals surface area contributed by atoms with Gasteiger partial charge in [0.25, 0.3) is 0 Å². The zero-order valence-electron chi connectivity index (χ0n) is 9.97. The molecule has 18 heavy (non-hydrogen) atoms. The summed E-state index contributed by atoms with van der Waals surface area (Å²) in [5.41, 5.74) is 5.24. The number of carbonyl (C=O) groups is 3. The van der Waals surface area contributed by atoms with Crippen molar-refractivity contribution < 1.29 is 24.2 Å². The molecule has 5 N–H and O–H groups in total. The second-order valence-corrected chi connectivity index (χ2v) is 4.29. The van der Waals surface area contributed by atoms with Crippen LogP contribution >= 0.6 is 11.8 Å². The molecule has 1 unspecified atom stereocenters. The Hall–Kier alpha value is -1.32. The fraction of sp³-hybridized carbons (Fsp3) is 0.667. The van der Waals surface area contributed by atoms with Crippen LogP contribution in [0.3, 0.4) is 0 Å². The minimum atomic E-state index is -1.12. The van der Waals surface area contributed by atoms with Gasteiger partial charge in [-0.15, -0.1) is 11.8 Å². The quantitative estimate of drug-likeness (QED) is 0.402. The fourth-order valence-electron chi connectivity index (χ4n) is 0.823. The van der Waals surface area contributed by atoms with E-state index in [0.717, 1.165) is 11.8 Å². The third-order valence-electron chi connectivity index (χ3n) is 1.69. The molecule has 9 heteroatoms. The van der Waals surface area contributed by atoms with Gasteiger partial charge >= 0.3 is 12.0 Å². The number of carbonyl (C=O) groups excluding carboxylic acids is 2. The maximum absolute atomic E-state index is 11.2. The van der Waals surface area contributed by atoms with E-state index in [2.05, 4.69) is 10.6 Å². The molecule has 8 nitrogen and oxygen atoms in total. The molecule has 0 aliphatic rings. The normalized spacial score (nSPS) is 11.7. The first-order chi connectivity index (χ1) is 8.47. The molecule has 104 valence electrons. The number of hydrogen-bond acceptors (Lipinski definition) is 6. The number of hydrogen-bond donors (Lipinski definition) is 4. The van der Waals surface area contributed by atoms with Gasteiger partial charge in [0.05, 0.1) is 12.4 Å². The number of rotatable bonds is 8. The van der Waals surface area contributed by atoms with Crippen molar-refractivity contribution >= 4 is 29.7 Å². The van der Waals surface area contributed by atoms with E-state index in [-0.39, 0.29) is 11.5 Å². The first-order valence-electron chi connectivity index (χ1n) is 5.10. The lowest BCUT2D eigenvalue weighted by Gasteiger charge is -2.07. The lowest BCUT2D eigenvalue weighted by molar-refractivity contribution is -0.138. The molecule has 0 rings (SSSR count). The van der Waals surface area contributed by atoms with Gasteiger partial charge in [0, 0.05) is 19.4 Å². The summed E-state index contributed by atoms with van der Waals surface area (Å²) in [4.78, 5) is 32.7. The second-order valence-electron chi connectivity index (χ2n) is 3.26. The van der Waals surface area contributed by atoms with Crippen molar-refractivity contribution in [2.75, 3.05) is 31.8 Å². The highest BCUT2D eigenvalue weighted by Gasteiger charge is 2.13. The van der Waals surface area contributed by atoms with Gasteiger partial charge in [-0.3, -0.25) is 14.9 Å². The molecule has 0 aliphatic carbocycles. The van der Waals surface area contributed by atoms with E-state index >= 15 is 0 Å². The van der Waals surface area contributed by atoms with Crippen molar-refractivity contribution in [3.8, 4) is 0 Å². The van der Waals surface area contributed by atoms with Gasteiger partial charge in [-0.1, -0.05) is 0 Å². The molecular formula is C9H17N3O5S. The Bertz CT molecular complexity index is 300. The maximum atomic E-state index is 11.2. The van der Waals surface area contributed by atoms with Crippen LogP contribution in [0, 0.1) is 0 Å². The molecule has 0 spiro atoms. The van der Waals surface area contributed by atoms with Gasteiger partial charge in [-0.05, 0) is 0 Å². The summed E-state index contributed by atoms with van der Waals surface area (Å²) in [5.74, 6) is -1.56. The zero-order valence-corrected chi connectivity index (χ0v) is 10.8. The number of thioether (sulfide) groups is 1. The van der Waals surface area contributed by atoms with Gasteiger partial charge in [-0.25, -0.2) is 4.79 Å². The maximum Gasteiger partial charge on any atom is 0.321 e. The molecule has 0 saturated carbocycles. The Morgan fingerprint density at radius 1 is 1.44 bits per heavy atom. The summed E-state index contributed by atoms with van der Waals surface area (Å²) in [5, 5.41) is 13.0. The van der Waals surface area contributed by atoms with Crippen LogP contribution in [0.15, 0.2) is 0 Å². The molecule has 0 heterocycles. The van der Waals surface area contributed by atoms with Crippen LogP contribution in [0.4, 0.5) is 4.79 Å². The highest BCUT2D eigenvalue weighted by atomic mass is 32.2. The third-order valence-corrected chi connectivity index (χ3v) is 2.75. The molecule has 0 aromatic heterocycles. The van der Waals surface area contributed by atoms with Crippen molar-refractivity contribution in [3.05, 3.63) is 0 Å². The van der Waals surface area contributed by atoms with Crippen LogP contribution in [-0.2, 0) is 14.3 Å². The van der Waals surface area contributed by atoms with Gasteiger partial charge in [0.1, 0.15) is 6.04 Å². The van der Waals surface area contributed by atoms with Crippen molar-refractivity contribution in [2.24, 2.45) is 5.73 Å². The third kappa shape index (κ3) is 8.79. The van der Waals surface area contributed by atoms with Crippen LogP contribution in [0.2, 0.25) is 0 Å². The molecule has 0 fully saturated rings. The van der Waals surface area contributed by atoms with E-state index in [1.807, 2.05) is 0 Å². The summed E-state index contributed by atoms with van der Waals surface area (Å²) < 4.78 is 4.71. The van der Waals surface area contributed by atoms with Crippen molar-refractivity contribution in [1.82, 2.24) is 10.6 Å².